The second-order valence-electron chi connectivity index (χ2n) is 4.51. The lowest BCUT2D eigenvalue weighted by Crippen LogP contribution is -2.09. The quantitative estimate of drug-likeness (QED) is 0.874. The van der Waals surface area contributed by atoms with Crippen molar-refractivity contribution in [3.63, 3.8) is 0 Å². The minimum atomic E-state index is -3.75. The number of hydrogen-bond donors (Lipinski definition) is 0. The molecule has 3 rings (SSSR count). The summed E-state index contributed by atoms with van der Waals surface area (Å²) in [6.45, 7) is -0.278. The topological polar surface area (TPSA) is 43.4 Å². The van der Waals surface area contributed by atoms with Crippen molar-refractivity contribution in [2.45, 2.75) is 4.90 Å². The molecule has 21 heavy (non-hydrogen) atoms. The number of fused-ring (bicyclic) bond motifs is 1. The van der Waals surface area contributed by atoms with E-state index in [-0.39, 0.29) is 27.7 Å². The van der Waals surface area contributed by atoms with E-state index in [1.165, 1.54) is 42.5 Å². The Morgan fingerprint density at radius 1 is 1.05 bits per heavy atom. The van der Waals surface area contributed by atoms with Crippen molar-refractivity contribution in [2.75, 3.05) is 6.61 Å². The molecule has 0 aliphatic carbocycles. The van der Waals surface area contributed by atoms with E-state index < -0.39 is 21.5 Å². The van der Waals surface area contributed by atoms with E-state index in [0.29, 0.717) is 0 Å². The van der Waals surface area contributed by atoms with Crippen LogP contribution in [0.25, 0.3) is 6.08 Å². The third-order valence-corrected chi connectivity index (χ3v) is 4.99. The Bertz CT molecular complexity index is 842. The predicted molar refractivity (Wildman–Crippen MR) is 73.5 cm³/mol. The summed E-state index contributed by atoms with van der Waals surface area (Å²) in [5.41, 5.74) is 0.0374. The maximum absolute atomic E-state index is 13.6. The summed E-state index contributed by atoms with van der Waals surface area (Å²) in [5.74, 6) is -0.871. The van der Waals surface area contributed by atoms with Gasteiger partial charge in [0.25, 0.3) is 0 Å². The Kier molecular flexibility index (Phi) is 3.25. The van der Waals surface area contributed by atoms with E-state index in [1.807, 2.05) is 0 Å². The zero-order valence-electron chi connectivity index (χ0n) is 10.7. The van der Waals surface area contributed by atoms with E-state index in [2.05, 4.69) is 0 Å². The van der Waals surface area contributed by atoms with Crippen LogP contribution in [0, 0.1) is 11.6 Å². The molecule has 0 N–H and O–H groups in total. The van der Waals surface area contributed by atoms with Crippen LogP contribution in [-0.2, 0) is 9.84 Å². The van der Waals surface area contributed by atoms with Crippen LogP contribution in [-0.4, -0.2) is 15.0 Å². The fourth-order valence-electron chi connectivity index (χ4n) is 2.10. The van der Waals surface area contributed by atoms with Gasteiger partial charge in [0.15, 0.2) is 0 Å². The number of ether oxygens (including phenoxy) is 1. The summed E-state index contributed by atoms with van der Waals surface area (Å²) in [7, 11) is -3.75. The van der Waals surface area contributed by atoms with Gasteiger partial charge >= 0.3 is 0 Å². The normalized spacial score (nSPS) is 15.4. The van der Waals surface area contributed by atoms with Crippen molar-refractivity contribution in [3.8, 4) is 5.75 Å². The average molecular weight is 308 g/mol. The van der Waals surface area contributed by atoms with E-state index in [1.54, 1.807) is 0 Å². The SMILES string of the molecule is O=S1(=O)C(COc2cccc(F)c2)=Cc2c(F)cccc21. The van der Waals surface area contributed by atoms with E-state index in [9.17, 15) is 17.2 Å². The van der Waals surface area contributed by atoms with Crippen LogP contribution in [0.15, 0.2) is 52.3 Å². The summed E-state index contributed by atoms with van der Waals surface area (Å²) in [5, 5.41) is 0. The molecule has 2 aromatic carbocycles. The Morgan fingerprint density at radius 2 is 1.81 bits per heavy atom. The third-order valence-electron chi connectivity index (χ3n) is 3.13. The van der Waals surface area contributed by atoms with Crippen molar-refractivity contribution < 1.29 is 21.9 Å². The monoisotopic (exact) mass is 308 g/mol. The Balaban J connectivity index is 1.88. The minimum absolute atomic E-state index is 0.0374. The van der Waals surface area contributed by atoms with Crippen molar-refractivity contribution >= 4 is 15.9 Å². The first-order valence-corrected chi connectivity index (χ1v) is 7.59. The van der Waals surface area contributed by atoms with Crippen LogP contribution in [0.5, 0.6) is 5.75 Å². The summed E-state index contributed by atoms with van der Waals surface area (Å²) in [6.07, 6.45) is 1.25. The first-order chi connectivity index (χ1) is 9.98. The number of benzene rings is 2. The predicted octanol–water partition coefficient (Wildman–Crippen LogP) is 3.17. The number of hydrogen-bond acceptors (Lipinski definition) is 3. The molecule has 0 atom stereocenters. The molecular formula is C15H10F2O3S. The minimum Gasteiger partial charge on any atom is -0.488 e. The largest absolute Gasteiger partial charge is 0.488 e. The van der Waals surface area contributed by atoms with Gasteiger partial charge in [-0.25, -0.2) is 17.2 Å². The Labute approximate surface area is 120 Å². The highest BCUT2D eigenvalue weighted by molar-refractivity contribution is 7.95. The fourth-order valence-corrected chi connectivity index (χ4v) is 3.58. The number of sulfone groups is 1. The lowest BCUT2D eigenvalue weighted by atomic mass is 10.2. The van der Waals surface area contributed by atoms with Gasteiger partial charge in [0.05, 0.1) is 9.80 Å². The molecule has 0 spiro atoms. The summed E-state index contributed by atoms with van der Waals surface area (Å²) >= 11 is 0. The Morgan fingerprint density at radius 3 is 2.52 bits per heavy atom. The summed E-state index contributed by atoms with van der Waals surface area (Å²) in [4.78, 5) is -0.118. The molecule has 1 aliphatic heterocycles. The molecule has 2 aromatic rings. The van der Waals surface area contributed by atoms with Crippen LogP contribution in [0.2, 0.25) is 0 Å². The molecule has 1 aliphatic rings. The van der Waals surface area contributed by atoms with E-state index >= 15 is 0 Å². The van der Waals surface area contributed by atoms with Crippen molar-refractivity contribution in [1.29, 1.82) is 0 Å². The van der Waals surface area contributed by atoms with Gasteiger partial charge in [-0.15, -0.1) is 0 Å². The van der Waals surface area contributed by atoms with Crippen LogP contribution in [0.3, 0.4) is 0 Å². The molecule has 6 heteroatoms. The molecule has 0 saturated carbocycles. The maximum atomic E-state index is 13.6. The molecule has 0 unspecified atom stereocenters. The molecule has 0 aromatic heterocycles. The molecule has 1 heterocycles. The molecule has 0 radical (unpaired) electrons. The highest BCUT2D eigenvalue weighted by Gasteiger charge is 2.31. The van der Waals surface area contributed by atoms with Gasteiger partial charge in [0.1, 0.15) is 24.0 Å². The van der Waals surface area contributed by atoms with Crippen LogP contribution < -0.4 is 4.74 Å². The average Bonchev–Trinajstić information content (AvgIpc) is 2.70. The second-order valence-corrected chi connectivity index (χ2v) is 6.48. The van der Waals surface area contributed by atoms with Gasteiger partial charge in [-0.05, 0) is 30.3 Å². The standard InChI is InChI=1S/C15H10F2O3S/c16-10-3-1-4-11(7-10)20-9-12-8-13-14(17)5-2-6-15(13)21(12,18)19/h1-8H,9H2. The first-order valence-electron chi connectivity index (χ1n) is 6.11. The maximum Gasteiger partial charge on any atom is 0.206 e. The highest BCUT2D eigenvalue weighted by Crippen LogP contribution is 2.34. The molecule has 0 saturated heterocycles. The molecule has 108 valence electrons. The van der Waals surface area contributed by atoms with Gasteiger partial charge in [-0.1, -0.05) is 12.1 Å². The number of halogens is 2. The third kappa shape index (κ3) is 2.42. The van der Waals surface area contributed by atoms with E-state index in [4.69, 9.17) is 4.74 Å². The molecule has 0 fully saturated rings. The molecule has 0 bridgehead atoms. The second kappa shape index (κ2) is 4.96. The van der Waals surface area contributed by atoms with Gasteiger partial charge in [0, 0.05) is 11.6 Å². The lowest BCUT2D eigenvalue weighted by Gasteiger charge is -2.07. The molecular weight excluding hydrogens is 298 g/mol. The first kappa shape index (κ1) is 13.8. The van der Waals surface area contributed by atoms with Gasteiger partial charge < -0.3 is 4.74 Å². The highest BCUT2D eigenvalue weighted by atomic mass is 32.2. The van der Waals surface area contributed by atoms with Crippen LogP contribution in [0.4, 0.5) is 8.78 Å². The van der Waals surface area contributed by atoms with Crippen LogP contribution in [0.1, 0.15) is 5.56 Å². The zero-order chi connectivity index (χ0) is 15.0. The van der Waals surface area contributed by atoms with Gasteiger partial charge in [-0.3, -0.25) is 0 Å². The van der Waals surface area contributed by atoms with Crippen molar-refractivity contribution in [1.82, 2.24) is 0 Å². The lowest BCUT2D eigenvalue weighted by molar-refractivity contribution is 0.357. The fraction of sp³-hybridized carbons (Fsp3) is 0.0667. The van der Waals surface area contributed by atoms with Gasteiger partial charge in [-0.2, -0.15) is 0 Å². The number of rotatable bonds is 3. The summed E-state index contributed by atoms with van der Waals surface area (Å²) < 4.78 is 56.4. The van der Waals surface area contributed by atoms with Crippen molar-refractivity contribution in [3.05, 3.63) is 64.6 Å². The molecule has 3 nitrogen and oxygen atoms in total. The van der Waals surface area contributed by atoms with Crippen LogP contribution >= 0.6 is 0 Å². The molecule has 0 amide bonds. The smallest absolute Gasteiger partial charge is 0.206 e. The zero-order valence-corrected chi connectivity index (χ0v) is 11.5. The van der Waals surface area contributed by atoms with Crippen molar-refractivity contribution in [2.24, 2.45) is 0 Å². The van der Waals surface area contributed by atoms with Gasteiger partial charge in [0.2, 0.25) is 9.84 Å². The Hall–Kier alpha value is -2.21. The summed E-state index contributed by atoms with van der Waals surface area (Å²) in [6, 6.07) is 9.26. The van der Waals surface area contributed by atoms with E-state index in [0.717, 1.165) is 6.07 Å².